The summed E-state index contributed by atoms with van der Waals surface area (Å²) >= 11 is 0. The van der Waals surface area contributed by atoms with Gasteiger partial charge in [0.2, 0.25) is 0 Å². The van der Waals surface area contributed by atoms with Gasteiger partial charge in [-0.3, -0.25) is 4.79 Å². The molecular weight excluding hydrogens is 274 g/mol. The van der Waals surface area contributed by atoms with Gasteiger partial charge in [0, 0.05) is 29.9 Å². The highest BCUT2D eigenvalue weighted by Gasteiger charge is 2.59. The molecule has 2 aromatic rings. The number of likely N-dealkylation sites (tertiary alicyclic amines) is 1. The zero-order valence-electron chi connectivity index (χ0n) is 12.8. The number of aryl methyl sites for hydroxylation is 1. The molecule has 4 rings (SSSR count). The molecule has 1 saturated carbocycles. The number of fused-ring (bicyclic) bond motifs is 1. The van der Waals surface area contributed by atoms with Crippen LogP contribution in [0.1, 0.15) is 22.5 Å². The van der Waals surface area contributed by atoms with Crippen molar-refractivity contribution < 1.29 is 4.79 Å². The summed E-state index contributed by atoms with van der Waals surface area (Å²) in [6, 6.07) is 12.1. The molecule has 1 aliphatic carbocycles. The van der Waals surface area contributed by atoms with Crippen LogP contribution < -0.4 is 5.73 Å². The molecule has 0 spiro atoms. The van der Waals surface area contributed by atoms with E-state index in [1.165, 1.54) is 6.42 Å². The number of rotatable bonds is 3. The largest absolute Gasteiger partial charge is 0.358 e. The Morgan fingerprint density at radius 3 is 2.86 bits per heavy atom. The van der Waals surface area contributed by atoms with E-state index in [1.54, 1.807) is 0 Å². The third-order valence-electron chi connectivity index (χ3n) is 5.33. The molecule has 0 radical (unpaired) electrons. The van der Waals surface area contributed by atoms with Gasteiger partial charge in [-0.05, 0) is 37.4 Å². The van der Waals surface area contributed by atoms with E-state index >= 15 is 0 Å². The van der Waals surface area contributed by atoms with E-state index in [2.05, 4.69) is 4.98 Å². The Labute approximate surface area is 130 Å². The van der Waals surface area contributed by atoms with E-state index in [0.29, 0.717) is 12.5 Å². The second kappa shape index (κ2) is 4.71. The average Bonchev–Trinajstić information content (AvgIpc) is 2.91. The Kier molecular flexibility index (Phi) is 2.91. The highest BCUT2D eigenvalue weighted by molar-refractivity contribution is 5.97. The lowest BCUT2D eigenvalue weighted by Gasteiger charge is -2.20. The Hall–Kier alpha value is -2.07. The molecule has 2 atom stereocenters. The molecule has 1 aromatic carbocycles. The number of nitrogens with one attached hydrogen (secondary N) is 1. The van der Waals surface area contributed by atoms with Gasteiger partial charge in [-0.15, -0.1) is 0 Å². The van der Waals surface area contributed by atoms with Crippen molar-refractivity contribution in [1.29, 1.82) is 0 Å². The standard InChI is InChI=1S/C18H21N3O/c1-12-15(7-16(20-12)13-5-3-2-4-6-13)17(22)21-9-14-8-18(14,10-19)11-21/h2-7,14,20H,8-11,19H2,1H3/t14-,18-/m1/s1. The number of carbonyl (C=O) groups excluding carboxylic acids is 1. The first kappa shape index (κ1) is 13.6. The van der Waals surface area contributed by atoms with Crippen molar-refractivity contribution in [3.63, 3.8) is 0 Å². The smallest absolute Gasteiger partial charge is 0.255 e. The van der Waals surface area contributed by atoms with Crippen molar-refractivity contribution in [3.8, 4) is 11.3 Å². The molecule has 3 N–H and O–H groups in total. The molecule has 22 heavy (non-hydrogen) atoms. The van der Waals surface area contributed by atoms with Crippen LogP contribution in [0.15, 0.2) is 36.4 Å². The third kappa shape index (κ3) is 1.98. The van der Waals surface area contributed by atoms with Crippen molar-refractivity contribution >= 4 is 5.91 Å². The Bertz CT molecular complexity index is 717. The van der Waals surface area contributed by atoms with Crippen molar-refractivity contribution in [1.82, 2.24) is 9.88 Å². The summed E-state index contributed by atoms with van der Waals surface area (Å²) in [6.45, 7) is 4.34. The van der Waals surface area contributed by atoms with Crippen LogP contribution in [0.25, 0.3) is 11.3 Å². The van der Waals surface area contributed by atoms with Crippen molar-refractivity contribution in [3.05, 3.63) is 47.7 Å². The van der Waals surface area contributed by atoms with E-state index < -0.39 is 0 Å². The lowest BCUT2D eigenvalue weighted by molar-refractivity contribution is 0.0765. The predicted molar refractivity (Wildman–Crippen MR) is 86.5 cm³/mol. The maximum atomic E-state index is 12.8. The van der Waals surface area contributed by atoms with Gasteiger partial charge in [0.1, 0.15) is 0 Å². The maximum absolute atomic E-state index is 12.8. The fraction of sp³-hybridized carbons (Fsp3) is 0.389. The number of carbonyl (C=O) groups is 1. The minimum atomic E-state index is 0.135. The van der Waals surface area contributed by atoms with Crippen LogP contribution in [0.3, 0.4) is 0 Å². The topological polar surface area (TPSA) is 62.1 Å². The van der Waals surface area contributed by atoms with Gasteiger partial charge in [0.05, 0.1) is 5.56 Å². The SMILES string of the molecule is Cc1[nH]c(-c2ccccc2)cc1C(=O)N1C[C@H]2C[C@@]2(CN)C1. The van der Waals surface area contributed by atoms with Gasteiger partial charge in [0.25, 0.3) is 5.91 Å². The van der Waals surface area contributed by atoms with E-state index in [4.69, 9.17) is 5.73 Å². The number of aromatic amines is 1. The second-order valence-corrected chi connectivity index (χ2v) is 6.74. The number of H-pyrrole nitrogens is 1. The number of nitrogens with two attached hydrogens (primary N) is 1. The molecule has 114 valence electrons. The number of aromatic nitrogens is 1. The quantitative estimate of drug-likeness (QED) is 0.913. The summed E-state index contributed by atoms with van der Waals surface area (Å²) in [6.07, 6.45) is 1.19. The van der Waals surface area contributed by atoms with Gasteiger partial charge in [0.15, 0.2) is 0 Å². The summed E-state index contributed by atoms with van der Waals surface area (Å²) in [7, 11) is 0. The monoisotopic (exact) mass is 295 g/mol. The molecule has 4 heteroatoms. The normalized spacial score (nSPS) is 26.1. The number of hydrogen-bond donors (Lipinski definition) is 2. The van der Waals surface area contributed by atoms with Crippen LogP contribution in [0.5, 0.6) is 0 Å². The molecular formula is C18H21N3O. The van der Waals surface area contributed by atoms with Crippen LogP contribution in [0, 0.1) is 18.3 Å². The fourth-order valence-electron chi connectivity index (χ4n) is 3.79. The number of piperidine rings is 1. The second-order valence-electron chi connectivity index (χ2n) is 6.74. The molecule has 0 unspecified atom stereocenters. The summed E-state index contributed by atoms with van der Waals surface area (Å²) < 4.78 is 0. The zero-order valence-corrected chi connectivity index (χ0v) is 12.8. The lowest BCUT2D eigenvalue weighted by Crippen LogP contribution is -2.33. The third-order valence-corrected chi connectivity index (χ3v) is 5.33. The van der Waals surface area contributed by atoms with Gasteiger partial charge >= 0.3 is 0 Å². The summed E-state index contributed by atoms with van der Waals surface area (Å²) in [5, 5.41) is 0. The van der Waals surface area contributed by atoms with Gasteiger partial charge in [-0.2, -0.15) is 0 Å². The molecule has 1 amide bonds. The zero-order chi connectivity index (χ0) is 15.3. The average molecular weight is 295 g/mol. The minimum Gasteiger partial charge on any atom is -0.358 e. The minimum absolute atomic E-state index is 0.135. The van der Waals surface area contributed by atoms with Crippen molar-refractivity contribution in [2.24, 2.45) is 17.1 Å². The number of hydrogen-bond acceptors (Lipinski definition) is 2. The van der Waals surface area contributed by atoms with Gasteiger partial charge in [-0.25, -0.2) is 0 Å². The summed E-state index contributed by atoms with van der Waals surface area (Å²) in [5.74, 6) is 0.755. The molecule has 2 aliphatic rings. The molecule has 2 heterocycles. The molecule has 0 bridgehead atoms. The lowest BCUT2D eigenvalue weighted by atomic mass is 10.1. The first-order valence-electron chi connectivity index (χ1n) is 7.87. The van der Waals surface area contributed by atoms with Crippen molar-refractivity contribution in [2.45, 2.75) is 13.3 Å². The summed E-state index contributed by atoms with van der Waals surface area (Å²) in [4.78, 5) is 18.1. The maximum Gasteiger partial charge on any atom is 0.255 e. The van der Waals surface area contributed by atoms with Crippen LogP contribution in [0.4, 0.5) is 0 Å². The summed E-state index contributed by atoms with van der Waals surface area (Å²) in [5.41, 5.74) is 9.93. The first-order valence-corrected chi connectivity index (χ1v) is 7.87. The van der Waals surface area contributed by atoms with E-state index in [9.17, 15) is 4.79 Å². The highest BCUT2D eigenvalue weighted by Crippen LogP contribution is 2.57. The highest BCUT2D eigenvalue weighted by atomic mass is 16.2. The van der Waals surface area contributed by atoms with Crippen LogP contribution >= 0.6 is 0 Å². The van der Waals surface area contributed by atoms with Gasteiger partial charge in [-0.1, -0.05) is 30.3 Å². The van der Waals surface area contributed by atoms with Crippen LogP contribution in [-0.4, -0.2) is 35.4 Å². The molecule has 2 fully saturated rings. The van der Waals surface area contributed by atoms with E-state index in [1.807, 2.05) is 48.2 Å². The van der Waals surface area contributed by atoms with Crippen LogP contribution in [-0.2, 0) is 0 Å². The van der Waals surface area contributed by atoms with Gasteiger partial charge < -0.3 is 15.6 Å². The Morgan fingerprint density at radius 1 is 1.41 bits per heavy atom. The van der Waals surface area contributed by atoms with E-state index in [-0.39, 0.29) is 11.3 Å². The van der Waals surface area contributed by atoms with E-state index in [0.717, 1.165) is 35.6 Å². The molecule has 1 saturated heterocycles. The number of nitrogens with zero attached hydrogens (tertiary/aromatic N) is 1. The fourth-order valence-corrected chi connectivity index (χ4v) is 3.79. The Balaban J connectivity index is 1.58. The number of amides is 1. The van der Waals surface area contributed by atoms with Crippen LogP contribution in [0.2, 0.25) is 0 Å². The number of benzene rings is 1. The Morgan fingerprint density at radius 2 is 2.18 bits per heavy atom. The van der Waals surface area contributed by atoms with Crippen molar-refractivity contribution in [2.75, 3.05) is 19.6 Å². The predicted octanol–water partition coefficient (Wildman–Crippen LogP) is 2.41. The molecule has 1 aromatic heterocycles. The first-order chi connectivity index (χ1) is 10.6. The molecule has 1 aliphatic heterocycles. The molecule has 4 nitrogen and oxygen atoms in total.